The van der Waals surface area contributed by atoms with Crippen LogP contribution in [0.1, 0.15) is 41.0 Å². The van der Waals surface area contributed by atoms with Crippen LogP contribution in [0.5, 0.6) is 0 Å². The quantitative estimate of drug-likeness (QED) is 0.740. The second-order valence-corrected chi connectivity index (χ2v) is 7.26. The number of nitrogens with zero attached hydrogens (tertiary/aromatic N) is 3. The van der Waals surface area contributed by atoms with Crippen molar-refractivity contribution in [2.75, 3.05) is 25.9 Å². The van der Waals surface area contributed by atoms with Gasteiger partial charge in [0.1, 0.15) is 5.69 Å². The lowest BCUT2D eigenvalue weighted by atomic mass is 10.0. The zero-order valence-corrected chi connectivity index (χ0v) is 16.5. The highest BCUT2D eigenvalue weighted by Gasteiger charge is 2.31. The van der Waals surface area contributed by atoms with Crippen molar-refractivity contribution in [2.24, 2.45) is 0 Å². The minimum Gasteiger partial charge on any atom is -0.399 e. The van der Waals surface area contributed by atoms with Crippen molar-refractivity contribution in [1.29, 1.82) is 0 Å². The fraction of sp³-hybridized carbons (Fsp3) is 0.350. The van der Waals surface area contributed by atoms with E-state index in [-0.39, 0.29) is 22.5 Å². The molecule has 0 fully saturated rings. The predicted octanol–water partition coefficient (Wildman–Crippen LogP) is 2.51. The Kier molecular flexibility index (Phi) is 5.97. The average Bonchev–Trinajstić information content (AvgIpc) is 2.68. The Balaban J connectivity index is 1.82. The summed E-state index contributed by atoms with van der Waals surface area (Å²) in [4.78, 5) is 26.9. The van der Waals surface area contributed by atoms with Crippen molar-refractivity contribution in [3.05, 3.63) is 63.6 Å². The number of carbonyl (C=O) groups excluding carboxylic acids is 1. The number of alkyl halides is 3. The zero-order valence-electron chi connectivity index (χ0n) is 16.5. The van der Waals surface area contributed by atoms with Crippen LogP contribution in [0.15, 0.2) is 41.2 Å². The zero-order chi connectivity index (χ0) is 22.1. The van der Waals surface area contributed by atoms with Gasteiger partial charge < -0.3 is 16.0 Å². The highest BCUT2D eigenvalue weighted by atomic mass is 19.4. The van der Waals surface area contributed by atoms with E-state index in [4.69, 9.17) is 5.73 Å². The fourth-order valence-electron chi connectivity index (χ4n) is 3.13. The molecule has 2 aromatic rings. The Morgan fingerprint density at radius 3 is 2.63 bits per heavy atom. The Hall–Kier alpha value is -3.14. The summed E-state index contributed by atoms with van der Waals surface area (Å²) in [5.41, 5.74) is 5.19. The molecule has 1 amide bonds. The maximum Gasteiger partial charge on any atom is 0.416 e. The van der Waals surface area contributed by atoms with E-state index in [1.54, 1.807) is 6.92 Å². The monoisotopic (exact) mass is 421 g/mol. The number of hydrogen-bond acceptors (Lipinski definition) is 5. The van der Waals surface area contributed by atoms with Gasteiger partial charge in [-0.15, -0.1) is 0 Å². The van der Waals surface area contributed by atoms with Gasteiger partial charge in [0.25, 0.3) is 11.5 Å². The van der Waals surface area contributed by atoms with Crippen LogP contribution >= 0.6 is 0 Å². The normalized spacial score (nSPS) is 16.1. The summed E-state index contributed by atoms with van der Waals surface area (Å²) in [5.74, 6) is -0.610. The summed E-state index contributed by atoms with van der Waals surface area (Å²) in [6, 6.07) is 4.93. The molecule has 0 saturated carbocycles. The Morgan fingerprint density at radius 2 is 2.00 bits per heavy atom. The Morgan fingerprint density at radius 1 is 1.27 bits per heavy atom. The molecule has 0 unspecified atom stereocenters. The summed E-state index contributed by atoms with van der Waals surface area (Å²) in [6.07, 6.45) is -2.07. The minimum absolute atomic E-state index is 0.0128. The molecule has 1 aliphatic rings. The van der Waals surface area contributed by atoms with Gasteiger partial charge in [-0.25, -0.2) is 4.68 Å². The third-order valence-electron chi connectivity index (χ3n) is 4.85. The van der Waals surface area contributed by atoms with Gasteiger partial charge in [0.2, 0.25) is 0 Å². The third-order valence-corrected chi connectivity index (χ3v) is 4.85. The van der Waals surface area contributed by atoms with Gasteiger partial charge >= 0.3 is 6.18 Å². The van der Waals surface area contributed by atoms with Crippen LogP contribution in [0.4, 0.5) is 18.9 Å². The number of anilines is 1. The van der Waals surface area contributed by atoms with E-state index in [1.165, 1.54) is 22.9 Å². The summed E-state index contributed by atoms with van der Waals surface area (Å²) >= 11 is 0. The van der Waals surface area contributed by atoms with Gasteiger partial charge in [-0.3, -0.25) is 9.59 Å². The molecule has 30 heavy (non-hydrogen) atoms. The third kappa shape index (κ3) is 4.88. The number of rotatable bonds is 4. The van der Waals surface area contributed by atoms with E-state index in [0.29, 0.717) is 18.7 Å². The van der Waals surface area contributed by atoms with Gasteiger partial charge in [-0.2, -0.15) is 18.3 Å². The van der Waals surface area contributed by atoms with Gasteiger partial charge in [-0.05, 0) is 49.9 Å². The molecular formula is C20H22F3N5O2. The van der Waals surface area contributed by atoms with Crippen LogP contribution in [0.25, 0.3) is 5.70 Å². The molecule has 7 nitrogen and oxygen atoms in total. The van der Waals surface area contributed by atoms with Gasteiger partial charge in [0.05, 0.1) is 11.6 Å². The van der Waals surface area contributed by atoms with Gasteiger partial charge in [-0.1, -0.05) is 0 Å². The number of nitrogens with one attached hydrogen (secondary N) is 1. The number of benzene rings is 1. The predicted molar refractivity (Wildman–Crippen MR) is 107 cm³/mol. The minimum atomic E-state index is -4.55. The van der Waals surface area contributed by atoms with E-state index in [9.17, 15) is 22.8 Å². The lowest BCUT2D eigenvalue weighted by Gasteiger charge is -2.22. The first-order valence-corrected chi connectivity index (χ1v) is 9.31. The summed E-state index contributed by atoms with van der Waals surface area (Å²) < 4.78 is 40.3. The largest absolute Gasteiger partial charge is 0.416 e. The smallest absolute Gasteiger partial charge is 0.399 e. The Labute approximate surface area is 171 Å². The van der Waals surface area contributed by atoms with Crippen molar-refractivity contribution in [1.82, 2.24) is 20.0 Å². The number of amides is 1. The molecule has 3 rings (SSSR count). The van der Waals surface area contributed by atoms with Crippen molar-refractivity contribution in [3.8, 4) is 0 Å². The van der Waals surface area contributed by atoms with Crippen LogP contribution in [-0.4, -0.2) is 40.7 Å². The molecular weight excluding hydrogens is 399 g/mol. The van der Waals surface area contributed by atoms with Crippen molar-refractivity contribution in [3.63, 3.8) is 0 Å². The second kappa shape index (κ2) is 8.31. The van der Waals surface area contributed by atoms with Crippen LogP contribution in [-0.2, 0) is 6.18 Å². The number of halogens is 3. The lowest BCUT2D eigenvalue weighted by Crippen LogP contribution is -2.33. The molecule has 1 atom stereocenters. The second-order valence-electron chi connectivity index (χ2n) is 7.26. The van der Waals surface area contributed by atoms with Crippen molar-refractivity contribution < 1.29 is 18.0 Å². The molecule has 0 spiro atoms. The van der Waals surface area contributed by atoms with E-state index in [2.05, 4.69) is 15.3 Å². The topological polar surface area (TPSA) is 93.2 Å². The summed E-state index contributed by atoms with van der Waals surface area (Å²) in [6.45, 7) is 2.96. The number of nitrogen functional groups attached to an aromatic ring is 1. The van der Waals surface area contributed by atoms with Crippen LogP contribution < -0.4 is 16.6 Å². The molecule has 160 valence electrons. The number of nitrogens with two attached hydrogens (primary N) is 1. The molecule has 3 N–H and O–H groups in total. The fourth-order valence-corrected chi connectivity index (χ4v) is 3.13. The molecule has 0 bridgehead atoms. The van der Waals surface area contributed by atoms with Crippen LogP contribution in [0.2, 0.25) is 0 Å². The van der Waals surface area contributed by atoms with Crippen molar-refractivity contribution in [2.45, 2.75) is 25.6 Å². The molecule has 2 heterocycles. The summed E-state index contributed by atoms with van der Waals surface area (Å²) in [5, 5.41) is 6.75. The highest BCUT2D eigenvalue weighted by Crippen LogP contribution is 2.32. The standard InChI is InChI=1S/C20H22F3N5O2/c1-12(13-9-14(20(21,22)23)11-15(24)10-13)25-19(30)17-3-4-18(29)28(26-17)16-5-7-27(2)8-6-16/h3-5,9-12H,6-8,24H2,1-2H3,(H,25,30)/t12-/m1/s1. The Bertz CT molecular complexity index is 1050. The number of carbonyl (C=O) groups is 1. The van der Waals surface area contributed by atoms with Gasteiger partial charge in [0.15, 0.2) is 0 Å². The van der Waals surface area contributed by atoms with E-state index in [1.807, 2.05) is 13.1 Å². The molecule has 0 saturated heterocycles. The molecule has 0 aliphatic carbocycles. The van der Waals surface area contributed by atoms with Gasteiger partial charge in [0, 0.05) is 37.0 Å². The van der Waals surface area contributed by atoms with Crippen molar-refractivity contribution >= 4 is 17.3 Å². The first-order valence-electron chi connectivity index (χ1n) is 9.31. The lowest BCUT2D eigenvalue weighted by molar-refractivity contribution is -0.137. The molecule has 10 heteroatoms. The number of aromatic nitrogens is 2. The number of hydrogen-bond donors (Lipinski definition) is 2. The molecule has 1 aromatic carbocycles. The maximum atomic E-state index is 13.0. The first-order chi connectivity index (χ1) is 14.0. The molecule has 1 aliphatic heterocycles. The van der Waals surface area contributed by atoms with E-state index >= 15 is 0 Å². The van der Waals surface area contributed by atoms with E-state index in [0.717, 1.165) is 18.7 Å². The van der Waals surface area contributed by atoms with Crippen LogP contribution in [0, 0.1) is 0 Å². The SMILES string of the molecule is C[C@@H](NC(=O)c1ccc(=O)n(C2=CCN(C)CC2)n1)c1cc(N)cc(C(F)(F)F)c1. The number of likely N-dealkylation sites (N-methyl/N-ethyl adjacent to an activating group) is 1. The molecule has 1 aromatic heterocycles. The average molecular weight is 421 g/mol. The van der Waals surface area contributed by atoms with E-state index < -0.39 is 23.7 Å². The summed E-state index contributed by atoms with van der Waals surface area (Å²) in [7, 11) is 1.95. The maximum absolute atomic E-state index is 13.0. The first kappa shape index (κ1) is 21.6. The highest BCUT2D eigenvalue weighted by molar-refractivity contribution is 5.92. The van der Waals surface area contributed by atoms with Crippen LogP contribution in [0.3, 0.4) is 0 Å². The molecule has 0 radical (unpaired) electrons.